The number of hydrogen-bond donors (Lipinski definition) is 3. The molecule has 3 N–H and O–H groups in total. The Morgan fingerprint density at radius 3 is 2.51 bits per heavy atom. The maximum atomic E-state index is 14.9. The SMILES string of the molecule is COc1cc(F)cc2c(O[C@@H]3C[C@H]4C(=O)N[C@]5(C(=O)NS(=O)(=O)C6(C)CC6)CC5/C=C\CC[C@H](C)C[C@@H](C)[C@H](NC(=O)O[C@@H]5C[C@@H]6C[C@@H]6C5)C(=O)N4C3)nccc12. The van der Waals surface area contributed by atoms with Crippen molar-refractivity contribution in [1.82, 2.24) is 25.2 Å². The van der Waals surface area contributed by atoms with Crippen LogP contribution in [0.1, 0.15) is 85.0 Å². The van der Waals surface area contributed by atoms with Gasteiger partial charge in [-0.05, 0) is 101 Å². The second kappa shape index (κ2) is 14.7. The van der Waals surface area contributed by atoms with Crippen LogP contribution in [0.3, 0.4) is 0 Å². The molecule has 10 atom stereocenters. The Kier molecular flexibility index (Phi) is 10.2. The molecule has 3 heterocycles. The number of carbonyl (C=O) groups excluding carboxylic acids is 4. The number of methoxy groups -OCH3 is 1. The summed E-state index contributed by atoms with van der Waals surface area (Å²) in [6.45, 7) is 5.45. The third-order valence-electron chi connectivity index (χ3n) is 13.3. The fourth-order valence-electron chi connectivity index (χ4n) is 9.28. The summed E-state index contributed by atoms with van der Waals surface area (Å²) in [7, 11) is -2.60. The number of hydrogen-bond acceptors (Lipinski definition) is 10. The zero-order valence-corrected chi connectivity index (χ0v) is 33.6. The number of nitrogens with zero attached hydrogens (tertiary/aromatic N) is 2. The van der Waals surface area contributed by atoms with Crippen molar-refractivity contribution in [2.75, 3.05) is 13.7 Å². The largest absolute Gasteiger partial charge is 0.496 e. The lowest BCUT2D eigenvalue weighted by molar-refractivity contribution is -0.142. The van der Waals surface area contributed by atoms with Crippen LogP contribution in [0.15, 0.2) is 36.5 Å². The number of fused-ring (bicyclic) bond motifs is 4. The lowest BCUT2D eigenvalue weighted by atomic mass is 9.88. The topological polar surface area (TPSA) is 182 Å². The van der Waals surface area contributed by atoms with E-state index in [1.165, 1.54) is 30.3 Å². The predicted octanol–water partition coefficient (Wildman–Crippen LogP) is 4.51. The molecule has 1 aromatic heterocycles. The summed E-state index contributed by atoms with van der Waals surface area (Å²) in [6, 6.07) is 1.94. The number of pyridine rings is 1. The van der Waals surface area contributed by atoms with Crippen molar-refractivity contribution in [1.29, 1.82) is 0 Å². The minimum atomic E-state index is -4.02. The summed E-state index contributed by atoms with van der Waals surface area (Å²) in [5.41, 5.74) is -1.56. The van der Waals surface area contributed by atoms with Crippen LogP contribution in [-0.4, -0.2) is 90.3 Å². The Balaban J connectivity index is 1.11. The zero-order valence-electron chi connectivity index (χ0n) is 32.8. The van der Waals surface area contributed by atoms with Gasteiger partial charge in [0.2, 0.25) is 27.7 Å². The first kappa shape index (κ1) is 39.4. The van der Waals surface area contributed by atoms with Gasteiger partial charge >= 0.3 is 6.09 Å². The van der Waals surface area contributed by atoms with Gasteiger partial charge in [0, 0.05) is 30.0 Å². The highest BCUT2D eigenvalue weighted by atomic mass is 32.2. The molecule has 0 bridgehead atoms. The van der Waals surface area contributed by atoms with E-state index in [1.807, 2.05) is 19.1 Å². The number of allylic oxidation sites excluding steroid dienone is 1. The van der Waals surface area contributed by atoms with Crippen LogP contribution in [0.2, 0.25) is 0 Å². The van der Waals surface area contributed by atoms with Crippen LogP contribution in [0.25, 0.3) is 10.8 Å². The lowest BCUT2D eigenvalue weighted by Crippen LogP contribution is -2.59. The Morgan fingerprint density at radius 1 is 1.04 bits per heavy atom. The maximum Gasteiger partial charge on any atom is 0.408 e. The van der Waals surface area contributed by atoms with Gasteiger partial charge in [0.15, 0.2) is 0 Å². The van der Waals surface area contributed by atoms with Gasteiger partial charge in [0.25, 0.3) is 5.91 Å². The molecule has 4 aliphatic carbocycles. The normalized spacial score (nSPS) is 35.0. The van der Waals surface area contributed by atoms with Crippen LogP contribution in [0, 0.1) is 35.4 Å². The van der Waals surface area contributed by atoms with E-state index in [-0.39, 0.29) is 49.0 Å². The van der Waals surface area contributed by atoms with E-state index >= 15 is 0 Å². The molecular formula is C41H52FN5O9S. The van der Waals surface area contributed by atoms with Gasteiger partial charge in [-0.25, -0.2) is 22.6 Å². The van der Waals surface area contributed by atoms with Crippen molar-refractivity contribution in [2.45, 2.75) is 120 Å². The van der Waals surface area contributed by atoms with E-state index in [0.717, 1.165) is 25.7 Å². The Bertz CT molecular complexity index is 2100. The number of rotatable bonds is 8. The van der Waals surface area contributed by atoms with Crippen molar-refractivity contribution in [2.24, 2.45) is 29.6 Å². The molecule has 1 saturated heterocycles. The van der Waals surface area contributed by atoms with Crippen LogP contribution in [-0.2, 0) is 29.1 Å². The van der Waals surface area contributed by atoms with Crippen LogP contribution in [0.5, 0.6) is 11.6 Å². The number of alkyl carbamates (subject to hydrolysis) is 1. The lowest BCUT2D eigenvalue weighted by Gasteiger charge is -2.33. The summed E-state index contributed by atoms with van der Waals surface area (Å²) in [4.78, 5) is 62.5. The number of aromatic nitrogens is 1. The van der Waals surface area contributed by atoms with Gasteiger partial charge in [-0.3, -0.25) is 19.1 Å². The molecule has 0 spiro atoms. The van der Waals surface area contributed by atoms with E-state index in [2.05, 4.69) is 27.3 Å². The summed E-state index contributed by atoms with van der Waals surface area (Å²) in [5, 5.41) is 6.63. The Morgan fingerprint density at radius 2 is 1.79 bits per heavy atom. The quantitative estimate of drug-likeness (QED) is 0.321. The molecule has 1 aromatic carbocycles. The second-order valence-corrected chi connectivity index (χ2v) is 19.9. The molecule has 0 radical (unpaired) electrons. The second-order valence-electron chi connectivity index (χ2n) is 17.7. The Labute approximate surface area is 332 Å². The van der Waals surface area contributed by atoms with Crippen LogP contribution < -0.4 is 24.8 Å². The standard InChI is InChI=1S/C41H52FN5O9S/c1-22-7-5-6-8-26-20-41(26,38(50)46-57(52,53)40(3)10-11-40)45-35(48)32-19-29(55-36-31-17-27(42)18-33(54-4)30(31)9-12-43-36)21-47(32)37(49)34(23(2)13-22)44-39(51)56-28-15-24-14-25(24)16-28/h6,8-9,12,17-18,22-26,28-29,32,34H,5,7,10-11,13-16,19-21H2,1-4H3,(H,44,51)(H,45,48)(H,46,50)/b8-6-/t22-,23+,24-,25+,26?,28+,29+,32-,34-,41+/m0/s1. The minimum Gasteiger partial charge on any atom is -0.496 e. The molecule has 2 aliphatic heterocycles. The van der Waals surface area contributed by atoms with Gasteiger partial charge < -0.3 is 29.7 Å². The molecular weight excluding hydrogens is 758 g/mol. The summed E-state index contributed by atoms with van der Waals surface area (Å²) >= 11 is 0. The van der Waals surface area contributed by atoms with E-state index in [9.17, 15) is 32.0 Å². The first-order valence-electron chi connectivity index (χ1n) is 20.2. The fourth-order valence-corrected chi connectivity index (χ4v) is 10.6. The molecule has 5 fully saturated rings. The monoisotopic (exact) mass is 809 g/mol. The molecule has 57 heavy (non-hydrogen) atoms. The highest BCUT2D eigenvalue weighted by Gasteiger charge is 2.63. The Hall–Kier alpha value is -4.47. The number of nitrogens with one attached hydrogen (secondary N) is 3. The van der Waals surface area contributed by atoms with Crippen molar-refractivity contribution in [3.63, 3.8) is 0 Å². The minimum absolute atomic E-state index is 0.0382. The summed E-state index contributed by atoms with van der Waals surface area (Å²) in [5.74, 6) is -1.76. The van der Waals surface area contributed by atoms with Crippen molar-refractivity contribution in [3.8, 4) is 11.6 Å². The first-order valence-corrected chi connectivity index (χ1v) is 21.7. The number of benzene rings is 1. The van der Waals surface area contributed by atoms with E-state index in [4.69, 9.17) is 14.2 Å². The molecule has 8 rings (SSSR count). The summed E-state index contributed by atoms with van der Waals surface area (Å²) in [6.07, 6.45) is 9.33. The van der Waals surface area contributed by atoms with Crippen LogP contribution >= 0.6 is 0 Å². The molecule has 4 saturated carbocycles. The van der Waals surface area contributed by atoms with Gasteiger partial charge in [0.1, 0.15) is 41.4 Å². The highest BCUT2D eigenvalue weighted by molar-refractivity contribution is 7.91. The molecule has 4 amide bonds. The third-order valence-corrected chi connectivity index (χ3v) is 15.4. The van der Waals surface area contributed by atoms with E-state index < -0.39 is 74.0 Å². The number of amides is 4. The molecule has 16 heteroatoms. The van der Waals surface area contributed by atoms with Crippen LogP contribution in [0.4, 0.5) is 9.18 Å². The number of carbonyl (C=O) groups is 4. The van der Waals surface area contributed by atoms with Gasteiger partial charge in [-0.15, -0.1) is 0 Å². The first-order chi connectivity index (χ1) is 27.1. The molecule has 14 nitrogen and oxygen atoms in total. The zero-order chi connectivity index (χ0) is 40.4. The van der Waals surface area contributed by atoms with Gasteiger partial charge in [0.05, 0.1) is 23.8 Å². The fraction of sp³-hybridized carbons (Fsp3) is 0.634. The molecule has 1 unspecified atom stereocenters. The number of ether oxygens (including phenoxy) is 3. The van der Waals surface area contributed by atoms with E-state index in [1.54, 1.807) is 13.0 Å². The smallest absolute Gasteiger partial charge is 0.408 e. The van der Waals surface area contributed by atoms with Gasteiger partial charge in [-0.2, -0.15) is 0 Å². The average Bonchev–Trinajstić information content (AvgIpc) is 4.12. The number of halogens is 1. The van der Waals surface area contributed by atoms with Crippen molar-refractivity contribution < 1.29 is 46.2 Å². The van der Waals surface area contributed by atoms with E-state index in [0.29, 0.717) is 48.3 Å². The molecule has 6 aliphatic rings. The maximum absolute atomic E-state index is 14.9. The third kappa shape index (κ3) is 7.77. The molecule has 308 valence electrons. The molecule has 2 aromatic rings. The highest BCUT2D eigenvalue weighted by Crippen LogP contribution is 2.52. The predicted molar refractivity (Wildman–Crippen MR) is 206 cm³/mol. The van der Waals surface area contributed by atoms with Crippen molar-refractivity contribution >= 4 is 44.6 Å². The average molecular weight is 810 g/mol. The van der Waals surface area contributed by atoms with Gasteiger partial charge in [-0.1, -0.05) is 26.0 Å². The number of sulfonamides is 1. The summed E-state index contributed by atoms with van der Waals surface area (Å²) < 4.78 is 59.9. The van der Waals surface area contributed by atoms with Crippen molar-refractivity contribution in [3.05, 3.63) is 42.4 Å².